The van der Waals surface area contributed by atoms with Gasteiger partial charge < -0.3 is 4.74 Å². The van der Waals surface area contributed by atoms with Gasteiger partial charge in [-0.25, -0.2) is 4.89 Å². The molecule has 0 aromatic rings. The molecule has 0 aromatic heterocycles. The monoisotopic (exact) mass is 532 g/mol. The van der Waals surface area contributed by atoms with E-state index in [2.05, 4.69) is 60.3 Å². The lowest BCUT2D eigenvalue weighted by molar-refractivity contribution is -0.276. The molecule has 4 rings (SSSR count). The Kier molecular flexibility index (Phi) is 8.78. The van der Waals surface area contributed by atoms with Gasteiger partial charge in [0.1, 0.15) is 12.2 Å². The minimum atomic E-state index is -1.82. The van der Waals surface area contributed by atoms with Crippen molar-refractivity contribution in [3.63, 3.8) is 0 Å². The number of fused-ring (bicyclic) bond motifs is 5. The predicted octanol–water partition coefficient (Wildman–Crippen LogP) is 8.72. The number of hydrogen-bond donors (Lipinski definition) is 0. The molecule has 4 aliphatic carbocycles. The number of esters is 1. The first kappa shape index (κ1) is 29.3. The molecule has 3 fully saturated rings. The van der Waals surface area contributed by atoms with Crippen LogP contribution in [0.25, 0.3) is 0 Å². The highest BCUT2D eigenvalue weighted by molar-refractivity contribution is 6.69. The van der Waals surface area contributed by atoms with Crippen molar-refractivity contribution in [2.24, 2.45) is 46.3 Å². The van der Waals surface area contributed by atoms with Crippen molar-refractivity contribution in [2.45, 2.75) is 138 Å². The SMILES string of the molecule is CC(=O)O[C@H]1CC[C@@]2(C)C(=CC(OO[Si](C)(C)C)[C@H]3[C@@H]4CC[C@H]([C@H](C)CCCC(C)C)[C@@]4(C)CC[C@@H]32)C1. The third kappa shape index (κ3) is 6.09. The van der Waals surface area contributed by atoms with Crippen molar-refractivity contribution >= 4 is 14.3 Å². The first-order valence-electron chi connectivity index (χ1n) is 15.5. The molecule has 4 nitrogen and oxygen atoms in total. The standard InChI is InChI=1S/C32H56O4Si/c1-21(2)11-10-12-22(3)26-13-14-27-30-28(16-18-32(26,27)6)31(5)17-15-25(34-23(4)33)19-24(31)20-29(30)35-36-37(7,8)9/h20-22,25-30H,10-19H2,1-9H3/t22-,25+,26-,27+,28+,29?,30+,31+,32-/m1/s1. The van der Waals surface area contributed by atoms with Crippen LogP contribution >= 0.6 is 0 Å². The van der Waals surface area contributed by atoms with E-state index in [0.717, 1.165) is 37.0 Å². The van der Waals surface area contributed by atoms with E-state index >= 15 is 0 Å². The van der Waals surface area contributed by atoms with Gasteiger partial charge in [-0.05, 0) is 105 Å². The van der Waals surface area contributed by atoms with Gasteiger partial charge in [0.05, 0.1) is 0 Å². The fraction of sp³-hybridized carbons (Fsp3) is 0.906. The second-order valence-electron chi connectivity index (χ2n) is 15.2. The maximum absolute atomic E-state index is 11.7. The van der Waals surface area contributed by atoms with Crippen LogP contribution in [0.5, 0.6) is 0 Å². The van der Waals surface area contributed by atoms with E-state index in [1.54, 1.807) is 0 Å². The van der Waals surface area contributed by atoms with Crippen molar-refractivity contribution in [1.29, 1.82) is 0 Å². The van der Waals surface area contributed by atoms with Gasteiger partial charge in [0, 0.05) is 13.3 Å². The largest absolute Gasteiger partial charge is 0.462 e. The Hall–Kier alpha value is -0.653. The third-order valence-corrected chi connectivity index (χ3v) is 11.6. The van der Waals surface area contributed by atoms with Crippen LogP contribution in [0.4, 0.5) is 0 Å². The average Bonchev–Trinajstić information content (AvgIpc) is 3.14. The van der Waals surface area contributed by atoms with Crippen molar-refractivity contribution in [3.05, 3.63) is 11.6 Å². The Morgan fingerprint density at radius 1 is 1.03 bits per heavy atom. The van der Waals surface area contributed by atoms with E-state index < -0.39 is 8.32 Å². The summed E-state index contributed by atoms with van der Waals surface area (Å²) in [5, 5.41) is 0. The zero-order valence-corrected chi connectivity index (χ0v) is 26.4. The normalized spacial score (nSPS) is 40.4. The molecule has 5 heteroatoms. The predicted molar refractivity (Wildman–Crippen MR) is 153 cm³/mol. The number of hydrogen-bond acceptors (Lipinski definition) is 4. The van der Waals surface area contributed by atoms with Gasteiger partial charge in [0.2, 0.25) is 8.32 Å². The molecule has 0 bridgehead atoms. The van der Waals surface area contributed by atoms with Gasteiger partial charge in [-0.15, -0.1) is 0 Å². The van der Waals surface area contributed by atoms with Gasteiger partial charge in [-0.1, -0.05) is 65.5 Å². The Bertz CT molecular complexity index is 846. The van der Waals surface area contributed by atoms with E-state index in [1.165, 1.54) is 57.4 Å². The summed E-state index contributed by atoms with van der Waals surface area (Å²) in [5.41, 5.74) is 2.04. The highest BCUT2D eigenvalue weighted by Gasteiger charge is 2.62. The van der Waals surface area contributed by atoms with Gasteiger partial charge in [-0.3, -0.25) is 9.37 Å². The van der Waals surface area contributed by atoms with Crippen LogP contribution in [-0.4, -0.2) is 26.5 Å². The minimum absolute atomic E-state index is 0.00309. The Labute approximate surface area is 228 Å². The summed E-state index contributed by atoms with van der Waals surface area (Å²) in [6.45, 7) is 20.6. The quantitative estimate of drug-likeness (QED) is 0.0979. The molecule has 0 amide bonds. The molecule has 4 aliphatic rings. The zero-order chi connectivity index (χ0) is 27.2. The van der Waals surface area contributed by atoms with Gasteiger partial charge in [-0.2, -0.15) is 0 Å². The van der Waals surface area contributed by atoms with E-state index in [-0.39, 0.29) is 23.6 Å². The Morgan fingerprint density at radius 2 is 1.76 bits per heavy atom. The number of carbonyl (C=O) groups is 1. The fourth-order valence-corrected chi connectivity index (χ4v) is 9.64. The van der Waals surface area contributed by atoms with Crippen molar-refractivity contribution in [1.82, 2.24) is 0 Å². The summed E-state index contributed by atoms with van der Waals surface area (Å²) in [4.78, 5) is 18.2. The number of rotatable bonds is 9. The molecule has 1 unspecified atom stereocenters. The second-order valence-corrected chi connectivity index (χ2v) is 19.6. The molecule has 9 atom stereocenters. The molecule has 212 valence electrons. The van der Waals surface area contributed by atoms with Crippen LogP contribution in [0.1, 0.15) is 106 Å². The summed E-state index contributed by atoms with van der Waals surface area (Å²) in [6.07, 6.45) is 14.8. The highest BCUT2D eigenvalue weighted by atomic mass is 28.4. The molecule has 3 saturated carbocycles. The van der Waals surface area contributed by atoms with Gasteiger partial charge in [0.25, 0.3) is 0 Å². The van der Waals surface area contributed by atoms with Crippen LogP contribution in [0.2, 0.25) is 19.6 Å². The lowest BCUT2D eigenvalue weighted by Gasteiger charge is -2.60. The van der Waals surface area contributed by atoms with E-state index in [4.69, 9.17) is 14.2 Å². The van der Waals surface area contributed by atoms with Crippen LogP contribution in [0, 0.1) is 46.3 Å². The van der Waals surface area contributed by atoms with Crippen molar-refractivity contribution in [2.75, 3.05) is 0 Å². The molecular formula is C32H56O4Si. The lowest BCUT2D eigenvalue weighted by atomic mass is 9.46. The molecule has 0 aliphatic heterocycles. The number of ether oxygens (including phenoxy) is 1. The molecular weight excluding hydrogens is 476 g/mol. The van der Waals surface area contributed by atoms with Crippen LogP contribution < -0.4 is 0 Å². The lowest BCUT2D eigenvalue weighted by Crippen LogP contribution is -2.55. The average molecular weight is 533 g/mol. The molecule has 0 radical (unpaired) electrons. The summed E-state index contributed by atoms with van der Waals surface area (Å²) in [7, 11) is -1.82. The highest BCUT2D eigenvalue weighted by Crippen LogP contribution is 2.67. The van der Waals surface area contributed by atoms with Gasteiger partial charge in [0.15, 0.2) is 0 Å². The smallest absolute Gasteiger partial charge is 0.302 e. The molecule has 0 N–H and O–H groups in total. The minimum Gasteiger partial charge on any atom is -0.462 e. The van der Waals surface area contributed by atoms with Gasteiger partial charge >= 0.3 is 5.97 Å². The summed E-state index contributed by atoms with van der Waals surface area (Å²) in [5.74, 6) is 4.09. The first-order valence-corrected chi connectivity index (χ1v) is 18.9. The van der Waals surface area contributed by atoms with Crippen LogP contribution in [0.15, 0.2) is 11.6 Å². The molecule has 0 spiro atoms. The summed E-state index contributed by atoms with van der Waals surface area (Å²) >= 11 is 0. The summed E-state index contributed by atoms with van der Waals surface area (Å²) < 4.78 is 11.9. The third-order valence-electron chi connectivity index (χ3n) is 11.0. The number of carbonyl (C=O) groups excluding carboxylic acids is 1. The fourth-order valence-electron chi connectivity index (χ4n) is 9.24. The maximum atomic E-state index is 11.7. The Balaban J connectivity index is 1.61. The topological polar surface area (TPSA) is 44.8 Å². The first-order chi connectivity index (χ1) is 17.2. The van der Waals surface area contributed by atoms with Crippen molar-refractivity contribution < 1.29 is 19.0 Å². The summed E-state index contributed by atoms with van der Waals surface area (Å²) in [6, 6.07) is 0. The second kappa shape index (κ2) is 11.1. The van der Waals surface area contributed by atoms with Crippen LogP contribution in [-0.2, 0) is 19.0 Å². The molecule has 37 heavy (non-hydrogen) atoms. The van der Waals surface area contributed by atoms with Crippen molar-refractivity contribution in [3.8, 4) is 0 Å². The molecule has 0 heterocycles. The Morgan fingerprint density at radius 3 is 2.41 bits per heavy atom. The molecule has 0 aromatic carbocycles. The van der Waals surface area contributed by atoms with E-state index in [9.17, 15) is 4.79 Å². The molecule has 0 saturated heterocycles. The maximum Gasteiger partial charge on any atom is 0.302 e. The van der Waals surface area contributed by atoms with E-state index in [1.807, 2.05) is 0 Å². The zero-order valence-electron chi connectivity index (χ0n) is 25.4. The van der Waals surface area contributed by atoms with E-state index in [0.29, 0.717) is 23.2 Å². The van der Waals surface area contributed by atoms with Crippen LogP contribution in [0.3, 0.4) is 0 Å².